The summed E-state index contributed by atoms with van der Waals surface area (Å²) in [5, 5.41) is 6.00. The number of nitrogens with one attached hydrogen (secondary N) is 2. The highest BCUT2D eigenvalue weighted by atomic mass is 16.2. The van der Waals surface area contributed by atoms with E-state index in [1.54, 1.807) is 12.1 Å². The van der Waals surface area contributed by atoms with Crippen molar-refractivity contribution >= 4 is 11.8 Å². The number of carbonyl (C=O) groups excluding carboxylic acids is 2. The number of hydrogen-bond donors (Lipinski definition) is 2. The Labute approximate surface area is 139 Å². The Morgan fingerprint density at radius 2 is 1.65 bits per heavy atom. The summed E-state index contributed by atoms with van der Waals surface area (Å²) < 4.78 is 0. The first-order valence-corrected chi connectivity index (χ1v) is 8.65. The Hall–Kier alpha value is -1.84. The second kappa shape index (κ2) is 8.14. The molecule has 2 N–H and O–H groups in total. The molecule has 2 rings (SSSR count). The largest absolute Gasteiger partial charge is 0.352 e. The molecule has 1 atom stereocenters. The minimum Gasteiger partial charge on any atom is -0.352 e. The summed E-state index contributed by atoms with van der Waals surface area (Å²) in [5.41, 5.74) is 1.70. The zero-order chi connectivity index (χ0) is 16.8. The second-order valence-electron chi connectivity index (χ2n) is 6.90. The summed E-state index contributed by atoms with van der Waals surface area (Å²) in [4.78, 5) is 24.9. The molecule has 1 aliphatic rings. The summed E-state index contributed by atoms with van der Waals surface area (Å²) in [5.74, 6) is -0.206. The van der Waals surface area contributed by atoms with E-state index in [2.05, 4.69) is 10.6 Å². The maximum absolute atomic E-state index is 12.5. The molecule has 0 aliphatic heterocycles. The van der Waals surface area contributed by atoms with Gasteiger partial charge < -0.3 is 10.6 Å². The van der Waals surface area contributed by atoms with Crippen molar-refractivity contribution in [1.82, 2.24) is 10.6 Å². The molecule has 23 heavy (non-hydrogen) atoms. The summed E-state index contributed by atoms with van der Waals surface area (Å²) in [6, 6.07) is 7.16. The quantitative estimate of drug-likeness (QED) is 0.876. The highest BCUT2D eigenvalue weighted by molar-refractivity contribution is 5.97. The Balaban J connectivity index is 1.98. The summed E-state index contributed by atoms with van der Waals surface area (Å²) in [6.45, 7) is 5.90. The fourth-order valence-corrected chi connectivity index (χ4v) is 3.00. The van der Waals surface area contributed by atoms with Crippen LogP contribution in [0, 0.1) is 12.8 Å². The van der Waals surface area contributed by atoms with E-state index >= 15 is 0 Å². The number of amides is 2. The van der Waals surface area contributed by atoms with Crippen LogP contribution in [0.5, 0.6) is 0 Å². The number of hydrogen-bond acceptors (Lipinski definition) is 2. The molecule has 0 heterocycles. The molecule has 1 aliphatic carbocycles. The molecular weight excluding hydrogens is 288 g/mol. The van der Waals surface area contributed by atoms with E-state index in [0.717, 1.165) is 18.4 Å². The zero-order valence-corrected chi connectivity index (χ0v) is 14.4. The van der Waals surface area contributed by atoms with Gasteiger partial charge in [-0.05, 0) is 37.8 Å². The van der Waals surface area contributed by atoms with Crippen molar-refractivity contribution < 1.29 is 9.59 Å². The van der Waals surface area contributed by atoms with Gasteiger partial charge in [-0.3, -0.25) is 9.59 Å². The molecule has 1 aromatic rings. The van der Waals surface area contributed by atoms with Gasteiger partial charge in [-0.15, -0.1) is 0 Å². The monoisotopic (exact) mass is 316 g/mol. The highest BCUT2D eigenvalue weighted by Crippen LogP contribution is 2.18. The van der Waals surface area contributed by atoms with Gasteiger partial charge in [0.05, 0.1) is 0 Å². The van der Waals surface area contributed by atoms with Gasteiger partial charge in [0, 0.05) is 11.6 Å². The number of rotatable bonds is 5. The van der Waals surface area contributed by atoms with Crippen LogP contribution in [0.25, 0.3) is 0 Å². The smallest absolute Gasteiger partial charge is 0.251 e. The number of benzene rings is 1. The fourth-order valence-electron chi connectivity index (χ4n) is 3.00. The van der Waals surface area contributed by atoms with E-state index in [1.165, 1.54) is 19.3 Å². The van der Waals surface area contributed by atoms with Crippen LogP contribution < -0.4 is 10.6 Å². The van der Waals surface area contributed by atoms with E-state index in [9.17, 15) is 9.59 Å². The topological polar surface area (TPSA) is 58.2 Å². The van der Waals surface area contributed by atoms with E-state index in [0.29, 0.717) is 5.56 Å². The molecule has 0 unspecified atom stereocenters. The van der Waals surface area contributed by atoms with Gasteiger partial charge in [-0.2, -0.15) is 0 Å². The van der Waals surface area contributed by atoms with Crippen molar-refractivity contribution in [3.63, 3.8) is 0 Å². The van der Waals surface area contributed by atoms with Crippen LogP contribution in [-0.4, -0.2) is 23.9 Å². The third-order valence-electron chi connectivity index (χ3n) is 4.50. The van der Waals surface area contributed by atoms with Gasteiger partial charge in [-0.25, -0.2) is 0 Å². The minimum absolute atomic E-state index is 0.0491. The summed E-state index contributed by atoms with van der Waals surface area (Å²) in [7, 11) is 0. The lowest BCUT2D eigenvalue weighted by Crippen LogP contribution is -2.52. The van der Waals surface area contributed by atoms with Crippen molar-refractivity contribution in [3.8, 4) is 0 Å². The average molecular weight is 316 g/mol. The fraction of sp³-hybridized carbons (Fsp3) is 0.579. The Morgan fingerprint density at radius 3 is 2.22 bits per heavy atom. The third-order valence-corrected chi connectivity index (χ3v) is 4.50. The highest BCUT2D eigenvalue weighted by Gasteiger charge is 2.27. The normalized spacial score (nSPS) is 16.9. The van der Waals surface area contributed by atoms with Gasteiger partial charge in [0.2, 0.25) is 5.91 Å². The molecule has 126 valence electrons. The van der Waals surface area contributed by atoms with Gasteiger partial charge in [0.1, 0.15) is 6.04 Å². The lowest BCUT2D eigenvalue weighted by atomic mass is 9.94. The van der Waals surface area contributed by atoms with Gasteiger partial charge in [0.15, 0.2) is 0 Å². The standard InChI is InChI=1S/C19H28N2O2/c1-13(2)17(19(23)20-16-7-5-4-6-8-16)21-18(22)15-11-9-14(3)10-12-15/h9-13,16-17H,4-8H2,1-3H3,(H,20,23)(H,21,22)/t17-/m1/s1. The molecule has 0 saturated heterocycles. The van der Waals surface area contributed by atoms with Crippen LogP contribution in [0.15, 0.2) is 24.3 Å². The van der Waals surface area contributed by atoms with Gasteiger partial charge >= 0.3 is 0 Å². The third kappa shape index (κ3) is 5.08. The van der Waals surface area contributed by atoms with Crippen molar-refractivity contribution in [1.29, 1.82) is 0 Å². The maximum Gasteiger partial charge on any atom is 0.251 e. The summed E-state index contributed by atoms with van der Waals surface area (Å²) in [6.07, 6.45) is 5.69. The second-order valence-corrected chi connectivity index (χ2v) is 6.90. The lowest BCUT2D eigenvalue weighted by molar-refractivity contribution is -0.124. The number of carbonyl (C=O) groups is 2. The summed E-state index contributed by atoms with van der Waals surface area (Å²) >= 11 is 0. The van der Waals surface area contributed by atoms with E-state index in [1.807, 2.05) is 32.9 Å². The first kappa shape index (κ1) is 17.5. The van der Waals surface area contributed by atoms with Crippen molar-refractivity contribution in [3.05, 3.63) is 35.4 Å². The molecule has 1 aromatic carbocycles. The molecule has 0 bridgehead atoms. The van der Waals surface area contributed by atoms with Crippen molar-refractivity contribution in [2.24, 2.45) is 5.92 Å². The van der Waals surface area contributed by atoms with Gasteiger partial charge in [-0.1, -0.05) is 50.8 Å². The predicted molar refractivity (Wildman–Crippen MR) is 92.3 cm³/mol. The molecule has 2 amide bonds. The molecule has 1 saturated carbocycles. The molecule has 4 nitrogen and oxygen atoms in total. The number of aryl methyl sites for hydroxylation is 1. The first-order valence-electron chi connectivity index (χ1n) is 8.65. The Bertz CT molecular complexity index is 531. The van der Waals surface area contributed by atoms with E-state index in [4.69, 9.17) is 0 Å². The minimum atomic E-state index is -0.495. The molecule has 0 spiro atoms. The van der Waals surface area contributed by atoms with E-state index in [-0.39, 0.29) is 23.8 Å². The molecular formula is C19H28N2O2. The van der Waals surface area contributed by atoms with Crippen molar-refractivity contribution in [2.75, 3.05) is 0 Å². The van der Waals surface area contributed by atoms with E-state index < -0.39 is 6.04 Å². The van der Waals surface area contributed by atoms with Crippen LogP contribution in [0.3, 0.4) is 0 Å². The van der Waals surface area contributed by atoms with Crippen LogP contribution in [0.1, 0.15) is 61.9 Å². The Kier molecular flexibility index (Phi) is 6.20. The van der Waals surface area contributed by atoms with Crippen LogP contribution >= 0.6 is 0 Å². The van der Waals surface area contributed by atoms with Crippen LogP contribution in [0.4, 0.5) is 0 Å². The SMILES string of the molecule is Cc1ccc(C(=O)N[C@@H](C(=O)NC2CCCCC2)C(C)C)cc1. The first-order chi connectivity index (χ1) is 11.0. The zero-order valence-electron chi connectivity index (χ0n) is 14.4. The van der Waals surface area contributed by atoms with Crippen LogP contribution in [-0.2, 0) is 4.79 Å². The predicted octanol–water partition coefficient (Wildman–Crippen LogP) is 3.20. The van der Waals surface area contributed by atoms with Crippen LogP contribution in [0.2, 0.25) is 0 Å². The molecule has 1 fully saturated rings. The Morgan fingerprint density at radius 1 is 1.04 bits per heavy atom. The van der Waals surface area contributed by atoms with Crippen molar-refractivity contribution in [2.45, 2.75) is 65.0 Å². The molecule has 0 aromatic heterocycles. The average Bonchev–Trinajstić information content (AvgIpc) is 2.53. The lowest BCUT2D eigenvalue weighted by Gasteiger charge is -2.27. The maximum atomic E-state index is 12.5. The molecule has 0 radical (unpaired) electrons. The molecule has 4 heteroatoms. The van der Waals surface area contributed by atoms with Gasteiger partial charge in [0.25, 0.3) is 5.91 Å².